The number of hydrogen-bond donors (Lipinski definition) is 1. The van der Waals surface area contributed by atoms with E-state index in [0.29, 0.717) is 18.8 Å². The first-order chi connectivity index (χ1) is 14.6. The van der Waals surface area contributed by atoms with Gasteiger partial charge in [0, 0.05) is 49.6 Å². The molecule has 0 aliphatic carbocycles. The van der Waals surface area contributed by atoms with E-state index in [1.165, 1.54) is 5.56 Å². The molecule has 0 atom stereocenters. The number of aryl methyl sites for hydroxylation is 1. The monoisotopic (exact) mass is 403 g/mol. The van der Waals surface area contributed by atoms with Crippen molar-refractivity contribution in [3.05, 3.63) is 66.5 Å². The Morgan fingerprint density at radius 1 is 1.00 bits per heavy atom. The fourth-order valence-electron chi connectivity index (χ4n) is 3.57. The Kier molecular flexibility index (Phi) is 5.79. The van der Waals surface area contributed by atoms with E-state index in [1.54, 1.807) is 13.4 Å². The molecule has 7 nitrogen and oxygen atoms in total. The molecule has 1 aliphatic rings. The largest absolute Gasteiger partial charge is 0.497 e. The lowest BCUT2D eigenvalue weighted by Gasteiger charge is -2.35. The van der Waals surface area contributed by atoms with E-state index >= 15 is 0 Å². The molecular weight excluding hydrogens is 378 g/mol. The van der Waals surface area contributed by atoms with Crippen LogP contribution in [0, 0.1) is 6.92 Å². The maximum atomic E-state index is 12.6. The molecule has 0 spiro atoms. The number of methoxy groups -OCH3 is 1. The van der Waals surface area contributed by atoms with Crippen molar-refractivity contribution in [1.29, 1.82) is 0 Å². The molecule has 2 heterocycles. The Morgan fingerprint density at radius 2 is 1.80 bits per heavy atom. The number of carbonyl (C=O) groups is 1. The molecule has 154 valence electrons. The summed E-state index contributed by atoms with van der Waals surface area (Å²) >= 11 is 0. The topological polar surface area (TPSA) is 70.6 Å². The van der Waals surface area contributed by atoms with E-state index in [1.807, 2.05) is 47.4 Å². The van der Waals surface area contributed by atoms with Gasteiger partial charge in [0.2, 0.25) is 0 Å². The van der Waals surface area contributed by atoms with Gasteiger partial charge in [0.1, 0.15) is 17.9 Å². The van der Waals surface area contributed by atoms with Crippen LogP contribution in [-0.2, 0) is 0 Å². The molecular formula is C23H25N5O2. The summed E-state index contributed by atoms with van der Waals surface area (Å²) in [5.41, 5.74) is 3.93. The maximum absolute atomic E-state index is 12.6. The van der Waals surface area contributed by atoms with Crippen molar-refractivity contribution >= 4 is 17.5 Å². The number of rotatable bonds is 4. The Morgan fingerprint density at radius 3 is 2.57 bits per heavy atom. The first kappa shape index (κ1) is 19.7. The predicted molar refractivity (Wildman–Crippen MR) is 118 cm³/mol. The highest BCUT2D eigenvalue weighted by Crippen LogP contribution is 2.24. The number of aromatic nitrogens is 2. The standard InChI is InChI=1S/C23H25N5O2/c1-17-6-3-4-9-20(17)21-15-22(25-16-24-21)27-10-12-28(13-11-27)23(29)26-18-7-5-8-19(14-18)30-2/h3-9,14-16H,10-13H2,1-2H3,(H,26,29). The minimum Gasteiger partial charge on any atom is -0.497 e. The number of ether oxygens (including phenoxy) is 1. The van der Waals surface area contributed by atoms with Crippen molar-refractivity contribution in [2.45, 2.75) is 6.92 Å². The average molecular weight is 403 g/mol. The van der Waals surface area contributed by atoms with Crippen molar-refractivity contribution in [2.75, 3.05) is 43.5 Å². The molecule has 0 bridgehead atoms. The highest BCUT2D eigenvalue weighted by Gasteiger charge is 2.22. The first-order valence-corrected chi connectivity index (χ1v) is 9.97. The molecule has 3 aromatic rings. The van der Waals surface area contributed by atoms with Crippen LogP contribution in [0.3, 0.4) is 0 Å². The highest BCUT2D eigenvalue weighted by molar-refractivity contribution is 5.89. The van der Waals surface area contributed by atoms with Crippen molar-refractivity contribution in [2.24, 2.45) is 0 Å². The van der Waals surface area contributed by atoms with E-state index in [2.05, 4.69) is 39.2 Å². The van der Waals surface area contributed by atoms with Crippen LogP contribution in [-0.4, -0.2) is 54.2 Å². The van der Waals surface area contributed by atoms with Gasteiger partial charge in [-0.05, 0) is 24.6 Å². The second-order valence-electron chi connectivity index (χ2n) is 7.21. The van der Waals surface area contributed by atoms with Crippen LogP contribution in [0.1, 0.15) is 5.56 Å². The zero-order valence-corrected chi connectivity index (χ0v) is 17.2. The van der Waals surface area contributed by atoms with E-state index in [0.717, 1.165) is 35.9 Å². The minimum atomic E-state index is -0.105. The van der Waals surface area contributed by atoms with Gasteiger partial charge in [0.25, 0.3) is 0 Å². The summed E-state index contributed by atoms with van der Waals surface area (Å²) < 4.78 is 5.21. The van der Waals surface area contributed by atoms with Crippen LogP contribution in [0.4, 0.5) is 16.3 Å². The van der Waals surface area contributed by atoms with E-state index in [4.69, 9.17) is 4.74 Å². The number of nitrogens with one attached hydrogen (secondary N) is 1. The summed E-state index contributed by atoms with van der Waals surface area (Å²) in [6.45, 7) is 4.77. The minimum absolute atomic E-state index is 0.105. The predicted octanol–water partition coefficient (Wildman–Crippen LogP) is 3.81. The van der Waals surface area contributed by atoms with Gasteiger partial charge < -0.3 is 19.9 Å². The van der Waals surface area contributed by atoms with Crippen LogP contribution >= 0.6 is 0 Å². The Labute approximate surface area is 176 Å². The molecule has 7 heteroatoms. The fourth-order valence-corrected chi connectivity index (χ4v) is 3.57. The van der Waals surface area contributed by atoms with E-state index in [-0.39, 0.29) is 6.03 Å². The number of urea groups is 1. The molecule has 1 aliphatic heterocycles. The molecule has 1 saturated heterocycles. The number of piperazine rings is 1. The third-order valence-electron chi connectivity index (χ3n) is 5.29. The molecule has 4 rings (SSSR count). The van der Waals surface area contributed by atoms with Crippen LogP contribution in [0.15, 0.2) is 60.9 Å². The molecule has 0 radical (unpaired) electrons. The quantitative estimate of drug-likeness (QED) is 0.717. The van der Waals surface area contributed by atoms with Crippen LogP contribution in [0.25, 0.3) is 11.3 Å². The number of nitrogens with zero attached hydrogens (tertiary/aromatic N) is 4. The zero-order chi connectivity index (χ0) is 20.9. The molecule has 1 fully saturated rings. The van der Waals surface area contributed by atoms with Crippen molar-refractivity contribution in [3.63, 3.8) is 0 Å². The number of carbonyl (C=O) groups excluding carboxylic acids is 1. The zero-order valence-electron chi connectivity index (χ0n) is 17.2. The van der Waals surface area contributed by atoms with Gasteiger partial charge in [-0.2, -0.15) is 0 Å². The smallest absolute Gasteiger partial charge is 0.321 e. The lowest BCUT2D eigenvalue weighted by atomic mass is 10.1. The van der Waals surface area contributed by atoms with Gasteiger partial charge in [0.05, 0.1) is 12.8 Å². The Balaban J connectivity index is 1.39. The summed E-state index contributed by atoms with van der Waals surface area (Å²) in [5.74, 6) is 1.60. The number of benzene rings is 2. The lowest BCUT2D eigenvalue weighted by Crippen LogP contribution is -2.50. The summed E-state index contributed by atoms with van der Waals surface area (Å²) in [6, 6.07) is 17.5. The SMILES string of the molecule is COc1cccc(NC(=O)N2CCN(c3cc(-c4ccccc4C)ncn3)CC2)c1. The van der Waals surface area contributed by atoms with Gasteiger partial charge in [-0.15, -0.1) is 0 Å². The third-order valence-corrected chi connectivity index (χ3v) is 5.29. The third kappa shape index (κ3) is 4.35. The van der Waals surface area contributed by atoms with Crippen LogP contribution in [0.2, 0.25) is 0 Å². The second kappa shape index (κ2) is 8.82. The van der Waals surface area contributed by atoms with Gasteiger partial charge in [-0.1, -0.05) is 30.3 Å². The second-order valence-corrected chi connectivity index (χ2v) is 7.21. The van der Waals surface area contributed by atoms with Crippen molar-refractivity contribution < 1.29 is 9.53 Å². The van der Waals surface area contributed by atoms with Crippen LogP contribution < -0.4 is 15.0 Å². The van der Waals surface area contributed by atoms with Gasteiger partial charge >= 0.3 is 6.03 Å². The summed E-state index contributed by atoms with van der Waals surface area (Å²) in [7, 11) is 1.61. The maximum Gasteiger partial charge on any atom is 0.321 e. The molecule has 0 unspecified atom stereocenters. The van der Waals surface area contributed by atoms with Crippen LogP contribution in [0.5, 0.6) is 5.75 Å². The number of hydrogen-bond acceptors (Lipinski definition) is 5. The molecule has 30 heavy (non-hydrogen) atoms. The number of anilines is 2. The summed E-state index contributed by atoms with van der Waals surface area (Å²) in [6.07, 6.45) is 1.61. The van der Waals surface area contributed by atoms with E-state index in [9.17, 15) is 4.79 Å². The van der Waals surface area contributed by atoms with E-state index < -0.39 is 0 Å². The number of amides is 2. The Hall–Kier alpha value is -3.61. The fraction of sp³-hybridized carbons (Fsp3) is 0.261. The first-order valence-electron chi connectivity index (χ1n) is 9.97. The molecule has 1 N–H and O–H groups in total. The van der Waals surface area contributed by atoms with Crippen molar-refractivity contribution in [1.82, 2.24) is 14.9 Å². The molecule has 2 amide bonds. The normalized spacial score (nSPS) is 13.8. The highest BCUT2D eigenvalue weighted by atomic mass is 16.5. The van der Waals surface area contributed by atoms with Crippen molar-refractivity contribution in [3.8, 4) is 17.0 Å². The van der Waals surface area contributed by atoms with Gasteiger partial charge in [0.15, 0.2) is 0 Å². The Bertz CT molecular complexity index is 1030. The summed E-state index contributed by atoms with van der Waals surface area (Å²) in [5, 5.41) is 2.94. The summed E-state index contributed by atoms with van der Waals surface area (Å²) in [4.78, 5) is 25.5. The molecule has 1 aromatic heterocycles. The lowest BCUT2D eigenvalue weighted by molar-refractivity contribution is 0.208. The average Bonchev–Trinajstić information content (AvgIpc) is 2.80. The van der Waals surface area contributed by atoms with Gasteiger partial charge in [-0.3, -0.25) is 0 Å². The molecule has 2 aromatic carbocycles. The molecule has 0 saturated carbocycles. The van der Waals surface area contributed by atoms with Gasteiger partial charge in [-0.25, -0.2) is 14.8 Å².